The fourth-order valence-electron chi connectivity index (χ4n) is 6.17. The van der Waals surface area contributed by atoms with E-state index in [0.29, 0.717) is 0 Å². The predicted molar refractivity (Wildman–Crippen MR) is 213 cm³/mol. The van der Waals surface area contributed by atoms with Gasteiger partial charge in [-0.2, -0.15) is 0 Å². The average Bonchev–Trinajstić information content (AvgIpc) is 3.60. The SMILES string of the molecule is CC(O)C[C@H](CC(=O)CNC(=O)CCC(=O)[C@H](C)NC(=O)[C@@H](N)Cc1c[nH]c2ccccc12)C(=O)N[C@@H](C)C(=O)C[C@@H](CO)C(=O)NCC(=O)C[C@@H](CCC(=O)O)C(=O)O. The number of amides is 4. The highest BCUT2D eigenvalue weighted by atomic mass is 16.4. The number of aliphatic carboxylic acids is 2. The van der Waals surface area contributed by atoms with Gasteiger partial charge in [0.1, 0.15) is 0 Å². The van der Waals surface area contributed by atoms with Gasteiger partial charge in [-0.05, 0) is 51.7 Å². The van der Waals surface area contributed by atoms with Crippen molar-refractivity contribution >= 4 is 69.6 Å². The number of aromatic amines is 1. The summed E-state index contributed by atoms with van der Waals surface area (Å²) in [6.07, 6.45) is -2.13. The van der Waals surface area contributed by atoms with Crippen molar-refractivity contribution in [2.24, 2.45) is 23.5 Å². The molecule has 0 radical (unpaired) electrons. The van der Waals surface area contributed by atoms with Crippen LogP contribution in [0.25, 0.3) is 10.9 Å². The Morgan fingerprint density at radius 3 is 1.93 bits per heavy atom. The maximum absolute atomic E-state index is 13.1. The van der Waals surface area contributed by atoms with Crippen molar-refractivity contribution < 1.29 is 68.4 Å². The normalized spacial score (nSPS) is 14.6. The van der Waals surface area contributed by atoms with Crippen molar-refractivity contribution in [3.05, 3.63) is 36.0 Å². The zero-order valence-electron chi connectivity index (χ0n) is 33.9. The third-order valence-corrected chi connectivity index (χ3v) is 9.72. The molecule has 1 aromatic heterocycles. The van der Waals surface area contributed by atoms with Crippen LogP contribution in [0, 0.1) is 17.8 Å². The number of carboxylic acids is 2. The number of H-pyrrole nitrogens is 1. The molecule has 1 unspecified atom stereocenters. The number of carbonyl (C=O) groups is 10. The van der Waals surface area contributed by atoms with Gasteiger partial charge in [0.2, 0.25) is 23.6 Å². The Bertz CT molecular complexity index is 1880. The number of hydrogen-bond acceptors (Lipinski definition) is 13. The number of Topliss-reactive ketones (excluding diaryl/α,β-unsaturated/α-hetero) is 4. The molecule has 20 nitrogen and oxygen atoms in total. The van der Waals surface area contributed by atoms with E-state index in [4.69, 9.17) is 10.8 Å². The fraction of sp³-hybridized carbons (Fsp3) is 0.550. The summed E-state index contributed by atoms with van der Waals surface area (Å²) < 4.78 is 0. The van der Waals surface area contributed by atoms with Gasteiger partial charge in [0.05, 0.1) is 55.8 Å². The van der Waals surface area contributed by atoms with Gasteiger partial charge in [0.15, 0.2) is 23.1 Å². The van der Waals surface area contributed by atoms with Crippen LogP contribution in [0.2, 0.25) is 0 Å². The molecule has 1 heterocycles. The maximum Gasteiger partial charge on any atom is 0.306 e. The zero-order valence-corrected chi connectivity index (χ0v) is 33.9. The van der Waals surface area contributed by atoms with Crippen molar-refractivity contribution in [3.63, 3.8) is 0 Å². The van der Waals surface area contributed by atoms with Crippen LogP contribution < -0.4 is 27.0 Å². The van der Waals surface area contributed by atoms with E-state index in [1.165, 1.54) is 20.8 Å². The molecule has 0 bridgehead atoms. The number of rotatable bonds is 29. The number of aliphatic hydroxyl groups excluding tert-OH is 2. The van der Waals surface area contributed by atoms with Gasteiger partial charge in [-0.25, -0.2) is 0 Å². The van der Waals surface area contributed by atoms with Crippen molar-refractivity contribution in [1.29, 1.82) is 0 Å². The molecule has 4 amide bonds. The van der Waals surface area contributed by atoms with Gasteiger partial charge < -0.3 is 52.4 Å². The summed E-state index contributed by atoms with van der Waals surface area (Å²) in [5.41, 5.74) is 7.83. The first-order valence-electron chi connectivity index (χ1n) is 19.5. The molecule has 330 valence electrons. The number of carbonyl (C=O) groups excluding carboxylic acids is 8. The van der Waals surface area contributed by atoms with Gasteiger partial charge in [0, 0.05) is 61.5 Å². The second-order valence-corrected chi connectivity index (χ2v) is 14.9. The summed E-state index contributed by atoms with van der Waals surface area (Å²) in [6.45, 7) is 2.18. The smallest absolute Gasteiger partial charge is 0.306 e. The summed E-state index contributed by atoms with van der Waals surface area (Å²) in [5.74, 6) is -11.7. The van der Waals surface area contributed by atoms with Crippen molar-refractivity contribution in [2.75, 3.05) is 19.7 Å². The Labute approximate surface area is 345 Å². The minimum atomic E-state index is -1.38. The standard InChI is InChI=1S/C40H56N6O14/c1-21(48)12-25(38(57)45-23(3)34(52)16-27(20-47)37(56)44-19-28(49)13-24(40(59)60)8-11-36(54)55)14-29(50)18-43-35(53)10-9-33(51)22(2)46-39(58)31(41)15-26-17-42-32-7-5-4-6-30(26)32/h4-7,17,21-25,27,31,42,47-48H,8-16,18-20,41H2,1-3H3,(H,43,53)(H,44,56)(H,45,57)(H,46,58)(H,54,55)(H,59,60)/t21?,22-,23-,24+,25+,27-,31-/m0/s1. The van der Waals surface area contributed by atoms with E-state index in [1.54, 1.807) is 6.20 Å². The summed E-state index contributed by atoms with van der Waals surface area (Å²) in [6, 6.07) is 4.42. The van der Waals surface area contributed by atoms with E-state index in [-0.39, 0.29) is 32.1 Å². The quantitative estimate of drug-likeness (QED) is 0.0473. The van der Waals surface area contributed by atoms with Gasteiger partial charge in [0.25, 0.3) is 0 Å². The molecule has 7 atom stereocenters. The number of benzene rings is 1. The lowest BCUT2D eigenvalue weighted by Gasteiger charge is -2.22. The van der Waals surface area contributed by atoms with Crippen LogP contribution in [-0.4, -0.2) is 128 Å². The highest BCUT2D eigenvalue weighted by molar-refractivity contribution is 5.96. The molecule has 0 spiro atoms. The van der Waals surface area contributed by atoms with Crippen LogP contribution in [0.1, 0.15) is 77.7 Å². The van der Waals surface area contributed by atoms with Crippen LogP contribution >= 0.6 is 0 Å². The average molecular weight is 845 g/mol. The monoisotopic (exact) mass is 844 g/mol. The Morgan fingerprint density at radius 1 is 0.717 bits per heavy atom. The molecule has 0 saturated heterocycles. The maximum atomic E-state index is 13.1. The first kappa shape index (κ1) is 50.3. The molecule has 0 fully saturated rings. The third-order valence-electron chi connectivity index (χ3n) is 9.72. The molecule has 2 rings (SSSR count). The summed E-state index contributed by atoms with van der Waals surface area (Å²) in [5, 5.41) is 48.2. The Hall–Kier alpha value is -5.86. The second-order valence-electron chi connectivity index (χ2n) is 14.9. The number of aromatic nitrogens is 1. The molecule has 0 aliphatic heterocycles. The minimum Gasteiger partial charge on any atom is -0.481 e. The Balaban J connectivity index is 1.80. The number of nitrogens with two attached hydrogens (primary N) is 1. The van der Waals surface area contributed by atoms with Gasteiger partial charge >= 0.3 is 11.9 Å². The molecule has 60 heavy (non-hydrogen) atoms. The molecule has 0 aliphatic carbocycles. The lowest BCUT2D eigenvalue weighted by molar-refractivity contribution is -0.145. The van der Waals surface area contributed by atoms with E-state index in [2.05, 4.69) is 26.3 Å². The number of carboxylic acid groups (broad SMARTS) is 2. The lowest BCUT2D eigenvalue weighted by atomic mass is 9.93. The number of ketones is 4. The molecule has 20 heteroatoms. The van der Waals surface area contributed by atoms with Crippen LogP contribution in [0.4, 0.5) is 0 Å². The summed E-state index contributed by atoms with van der Waals surface area (Å²) >= 11 is 0. The first-order valence-corrected chi connectivity index (χ1v) is 19.5. The molecule has 11 N–H and O–H groups in total. The van der Waals surface area contributed by atoms with Crippen LogP contribution in [0.3, 0.4) is 0 Å². The molecule has 0 aliphatic rings. The topological polar surface area (TPSA) is 342 Å². The van der Waals surface area contributed by atoms with Gasteiger partial charge in [-0.1, -0.05) is 18.2 Å². The Kier molecular flexibility index (Phi) is 20.9. The number of para-hydroxylation sites is 1. The molecule has 2 aromatic rings. The van der Waals surface area contributed by atoms with E-state index in [9.17, 15) is 63.3 Å². The third kappa shape index (κ3) is 17.6. The highest BCUT2D eigenvalue weighted by Gasteiger charge is 2.30. The van der Waals surface area contributed by atoms with E-state index in [0.717, 1.165) is 16.5 Å². The number of nitrogens with one attached hydrogen (secondary N) is 5. The molecule has 1 aromatic carbocycles. The summed E-state index contributed by atoms with van der Waals surface area (Å²) in [4.78, 5) is 127. The predicted octanol–water partition coefficient (Wildman–Crippen LogP) is -0.932. The molecular weight excluding hydrogens is 788 g/mol. The Morgan fingerprint density at radius 2 is 1.32 bits per heavy atom. The summed E-state index contributed by atoms with van der Waals surface area (Å²) in [7, 11) is 0. The number of hydrogen-bond donors (Lipinski definition) is 10. The van der Waals surface area contributed by atoms with E-state index in [1.807, 2.05) is 24.3 Å². The van der Waals surface area contributed by atoms with E-state index >= 15 is 0 Å². The largest absolute Gasteiger partial charge is 0.481 e. The van der Waals surface area contributed by atoms with Crippen LogP contribution in [-0.2, 0) is 54.4 Å². The number of aliphatic hydroxyl groups is 2. The number of fused-ring (bicyclic) bond motifs is 1. The zero-order chi connectivity index (χ0) is 45.1. The van der Waals surface area contributed by atoms with E-state index < -0.39 is 146 Å². The van der Waals surface area contributed by atoms with Crippen molar-refractivity contribution in [1.82, 2.24) is 26.3 Å². The highest BCUT2D eigenvalue weighted by Crippen LogP contribution is 2.19. The van der Waals surface area contributed by atoms with Crippen molar-refractivity contribution in [3.8, 4) is 0 Å². The van der Waals surface area contributed by atoms with Gasteiger partial charge in [-0.15, -0.1) is 0 Å². The van der Waals surface area contributed by atoms with Crippen LogP contribution in [0.15, 0.2) is 30.5 Å². The molecular formula is C40H56N6O14. The lowest BCUT2D eigenvalue weighted by Crippen LogP contribution is -2.48. The molecule has 0 saturated carbocycles. The second kappa shape index (κ2) is 24.9. The van der Waals surface area contributed by atoms with Crippen LogP contribution in [0.5, 0.6) is 0 Å². The fourth-order valence-corrected chi connectivity index (χ4v) is 6.17. The minimum absolute atomic E-state index is 0.190. The van der Waals surface area contributed by atoms with Gasteiger partial charge in [-0.3, -0.25) is 47.9 Å². The van der Waals surface area contributed by atoms with Crippen molar-refractivity contribution in [2.45, 2.75) is 103 Å². The first-order chi connectivity index (χ1) is 28.2.